The van der Waals surface area contributed by atoms with Gasteiger partial charge < -0.3 is 11.1 Å². The second-order valence-electron chi connectivity index (χ2n) is 4.25. The maximum atomic E-state index is 11.9. The van der Waals surface area contributed by atoms with Crippen molar-refractivity contribution in [1.29, 1.82) is 0 Å². The zero-order chi connectivity index (χ0) is 14.3. The molecule has 0 aliphatic heterocycles. The molecule has 0 unspecified atom stereocenters. The fourth-order valence-corrected chi connectivity index (χ4v) is 2.76. The molecule has 1 amide bonds. The third kappa shape index (κ3) is 4.90. The van der Waals surface area contributed by atoms with Gasteiger partial charge >= 0.3 is 0 Å². The quantitative estimate of drug-likeness (QED) is 0.709. The summed E-state index contributed by atoms with van der Waals surface area (Å²) < 4.78 is 23.8. The van der Waals surface area contributed by atoms with E-state index >= 15 is 0 Å². The first kappa shape index (κ1) is 15.5. The molecule has 0 aliphatic rings. The van der Waals surface area contributed by atoms with Crippen LogP contribution < -0.4 is 11.1 Å². The molecule has 19 heavy (non-hydrogen) atoms. The average Bonchev–Trinajstić information content (AvgIpc) is 2.38. The number of para-hydroxylation sites is 1. The number of benzene rings is 1. The summed E-state index contributed by atoms with van der Waals surface area (Å²) in [5.74, 6) is -0.234. The van der Waals surface area contributed by atoms with Crippen molar-refractivity contribution >= 4 is 21.4 Å². The highest BCUT2D eigenvalue weighted by molar-refractivity contribution is 7.91. The Labute approximate surface area is 114 Å². The molecule has 0 saturated heterocycles. The zero-order valence-electron chi connectivity index (χ0n) is 11.1. The molecule has 0 spiro atoms. The van der Waals surface area contributed by atoms with Gasteiger partial charge in [-0.3, -0.25) is 4.79 Å². The lowest BCUT2D eigenvalue weighted by Gasteiger charge is -2.11. The molecule has 1 rings (SSSR count). The molecule has 0 atom stereocenters. The molecule has 0 saturated carbocycles. The number of hydrogen-bond donors (Lipinski definition) is 2. The van der Waals surface area contributed by atoms with Gasteiger partial charge in [-0.15, -0.1) is 0 Å². The molecule has 0 aliphatic carbocycles. The lowest BCUT2D eigenvalue weighted by atomic mass is 10.2. The summed E-state index contributed by atoms with van der Waals surface area (Å²) in [7, 11) is -3.22. The highest BCUT2D eigenvalue weighted by Gasteiger charge is 2.15. The number of anilines is 1. The van der Waals surface area contributed by atoms with E-state index in [1.54, 1.807) is 31.2 Å². The van der Waals surface area contributed by atoms with Crippen molar-refractivity contribution in [1.82, 2.24) is 0 Å². The van der Waals surface area contributed by atoms with Crippen LogP contribution in [0.1, 0.15) is 26.2 Å². The van der Waals surface area contributed by atoms with Gasteiger partial charge in [-0.2, -0.15) is 0 Å². The number of sulfone groups is 1. The summed E-state index contributed by atoms with van der Waals surface area (Å²) in [4.78, 5) is 10.9. The molecule has 0 radical (unpaired) electrons. The second kappa shape index (κ2) is 7.13. The van der Waals surface area contributed by atoms with Gasteiger partial charge in [0.05, 0.1) is 16.3 Å². The van der Waals surface area contributed by atoms with Gasteiger partial charge in [-0.1, -0.05) is 19.1 Å². The van der Waals surface area contributed by atoms with Crippen LogP contribution in [0.2, 0.25) is 0 Å². The molecule has 106 valence electrons. The molecule has 3 N–H and O–H groups in total. The van der Waals surface area contributed by atoms with Gasteiger partial charge in [0, 0.05) is 13.0 Å². The third-order valence-corrected chi connectivity index (χ3v) is 4.55. The van der Waals surface area contributed by atoms with Crippen LogP contribution in [-0.4, -0.2) is 26.6 Å². The molecular weight excluding hydrogens is 264 g/mol. The van der Waals surface area contributed by atoms with Crippen LogP contribution in [-0.2, 0) is 14.6 Å². The van der Waals surface area contributed by atoms with Gasteiger partial charge in [0.15, 0.2) is 9.84 Å². The molecule has 1 aromatic carbocycles. The van der Waals surface area contributed by atoms with Crippen molar-refractivity contribution in [3.8, 4) is 0 Å². The SMILES string of the molecule is CCS(=O)(=O)c1ccccc1NCCCCC(N)=O. The van der Waals surface area contributed by atoms with E-state index < -0.39 is 9.84 Å². The highest BCUT2D eigenvalue weighted by atomic mass is 32.2. The number of carbonyl (C=O) groups is 1. The van der Waals surface area contributed by atoms with E-state index in [0.29, 0.717) is 30.0 Å². The van der Waals surface area contributed by atoms with Gasteiger partial charge in [-0.05, 0) is 25.0 Å². The Kier molecular flexibility index (Phi) is 5.82. The standard InChI is InChI=1S/C13H20N2O3S/c1-2-19(17,18)12-8-4-3-7-11(12)15-10-6-5-9-13(14)16/h3-4,7-8,15H,2,5-6,9-10H2,1H3,(H2,14,16). The second-order valence-corrected chi connectivity index (χ2v) is 6.50. The summed E-state index contributed by atoms with van der Waals surface area (Å²) in [6.45, 7) is 2.24. The van der Waals surface area contributed by atoms with Crippen molar-refractivity contribution < 1.29 is 13.2 Å². The van der Waals surface area contributed by atoms with E-state index in [2.05, 4.69) is 5.32 Å². The Hall–Kier alpha value is -1.56. The summed E-state index contributed by atoms with van der Waals surface area (Å²) in [6.07, 6.45) is 1.82. The molecule has 1 aromatic rings. The lowest BCUT2D eigenvalue weighted by molar-refractivity contribution is -0.118. The Morgan fingerprint density at radius 2 is 1.95 bits per heavy atom. The summed E-state index contributed by atoms with van der Waals surface area (Å²) >= 11 is 0. The minimum atomic E-state index is -3.22. The third-order valence-electron chi connectivity index (χ3n) is 2.77. The zero-order valence-corrected chi connectivity index (χ0v) is 11.9. The average molecular weight is 284 g/mol. The van der Waals surface area contributed by atoms with Crippen molar-refractivity contribution in [3.05, 3.63) is 24.3 Å². The normalized spacial score (nSPS) is 11.2. The number of carbonyl (C=O) groups excluding carboxylic acids is 1. The summed E-state index contributed by atoms with van der Waals surface area (Å²) in [6, 6.07) is 6.85. The van der Waals surface area contributed by atoms with Gasteiger partial charge in [0.1, 0.15) is 0 Å². The Balaban J connectivity index is 2.62. The number of rotatable bonds is 8. The predicted octanol–water partition coefficient (Wildman–Crippen LogP) is 1.55. The maximum Gasteiger partial charge on any atom is 0.217 e. The molecule has 0 fully saturated rings. The van der Waals surface area contributed by atoms with Crippen LogP contribution in [0.3, 0.4) is 0 Å². The molecular formula is C13H20N2O3S. The Morgan fingerprint density at radius 1 is 1.26 bits per heavy atom. The predicted molar refractivity (Wildman–Crippen MR) is 75.7 cm³/mol. The molecule has 0 aromatic heterocycles. The topological polar surface area (TPSA) is 89.3 Å². The van der Waals surface area contributed by atoms with Gasteiger partial charge in [0.25, 0.3) is 0 Å². The van der Waals surface area contributed by atoms with Crippen LogP contribution >= 0.6 is 0 Å². The van der Waals surface area contributed by atoms with Crippen LogP contribution in [0.4, 0.5) is 5.69 Å². The minimum Gasteiger partial charge on any atom is -0.384 e. The summed E-state index contributed by atoms with van der Waals surface area (Å²) in [5.41, 5.74) is 5.66. The Morgan fingerprint density at radius 3 is 2.58 bits per heavy atom. The van der Waals surface area contributed by atoms with Gasteiger partial charge in [0.2, 0.25) is 5.91 Å². The number of hydrogen-bond acceptors (Lipinski definition) is 4. The largest absolute Gasteiger partial charge is 0.384 e. The van der Waals surface area contributed by atoms with Crippen molar-refractivity contribution in [2.45, 2.75) is 31.1 Å². The maximum absolute atomic E-state index is 11.9. The van der Waals surface area contributed by atoms with E-state index in [1.807, 2.05) is 0 Å². The van der Waals surface area contributed by atoms with E-state index in [9.17, 15) is 13.2 Å². The highest BCUT2D eigenvalue weighted by Crippen LogP contribution is 2.21. The van der Waals surface area contributed by atoms with Crippen LogP contribution in [0.25, 0.3) is 0 Å². The van der Waals surface area contributed by atoms with Crippen LogP contribution in [0, 0.1) is 0 Å². The Bertz CT molecular complexity index is 526. The molecule has 6 heteroatoms. The van der Waals surface area contributed by atoms with Crippen LogP contribution in [0.5, 0.6) is 0 Å². The molecule has 0 bridgehead atoms. The van der Waals surface area contributed by atoms with Crippen molar-refractivity contribution in [2.24, 2.45) is 5.73 Å². The van der Waals surface area contributed by atoms with Crippen molar-refractivity contribution in [2.75, 3.05) is 17.6 Å². The van der Waals surface area contributed by atoms with E-state index in [-0.39, 0.29) is 11.7 Å². The van der Waals surface area contributed by atoms with Crippen LogP contribution in [0.15, 0.2) is 29.2 Å². The fourth-order valence-electron chi connectivity index (χ4n) is 1.69. The monoisotopic (exact) mass is 284 g/mol. The first-order chi connectivity index (χ1) is 8.97. The minimum absolute atomic E-state index is 0.0768. The molecule has 5 nitrogen and oxygen atoms in total. The number of amides is 1. The first-order valence-electron chi connectivity index (χ1n) is 6.31. The fraction of sp³-hybridized carbons (Fsp3) is 0.462. The van der Waals surface area contributed by atoms with E-state index in [1.165, 1.54) is 0 Å². The molecule has 0 heterocycles. The number of unbranched alkanes of at least 4 members (excludes halogenated alkanes) is 1. The number of nitrogens with one attached hydrogen (secondary N) is 1. The summed E-state index contributed by atoms with van der Waals surface area (Å²) in [5, 5.41) is 3.10. The first-order valence-corrected chi connectivity index (χ1v) is 7.96. The number of primary amides is 1. The number of nitrogens with two attached hydrogens (primary N) is 1. The lowest BCUT2D eigenvalue weighted by Crippen LogP contribution is -2.12. The van der Waals surface area contributed by atoms with E-state index in [4.69, 9.17) is 5.73 Å². The van der Waals surface area contributed by atoms with Gasteiger partial charge in [-0.25, -0.2) is 8.42 Å². The smallest absolute Gasteiger partial charge is 0.217 e. The van der Waals surface area contributed by atoms with Crippen molar-refractivity contribution in [3.63, 3.8) is 0 Å². The van der Waals surface area contributed by atoms with E-state index in [0.717, 1.165) is 6.42 Å².